The van der Waals surface area contributed by atoms with Crippen LogP contribution in [0.3, 0.4) is 0 Å². The standard InChI is InChI=1S/C10H11F4N/c1-6(15)7-2-4-8(5-3-7)9(11)10(12,13)14/h2-6,9H,15H2,1H3. The maximum absolute atomic E-state index is 12.8. The summed E-state index contributed by atoms with van der Waals surface area (Å²) in [4.78, 5) is 0. The van der Waals surface area contributed by atoms with Crippen LogP contribution in [0.5, 0.6) is 0 Å². The Morgan fingerprint density at radius 2 is 1.47 bits per heavy atom. The fourth-order valence-electron chi connectivity index (χ4n) is 1.16. The van der Waals surface area contributed by atoms with Gasteiger partial charge in [0.2, 0.25) is 6.17 Å². The average Bonchev–Trinajstić information content (AvgIpc) is 2.15. The monoisotopic (exact) mass is 221 g/mol. The zero-order valence-electron chi connectivity index (χ0n) is 8.05. The van der Waals surface area contributed by atoms with Crippen molar-refractivity contribution in [2.75, 3.05) is 0 Å². The Balaban J connectivity index is 2.89. The Kier molecular flexibility index (Phi) is 3.34. The highest BCUT2D eigenvalue weighted by atomic mass is 19.4. The van der Waals surface area contributed by atoms with Crippen LogP contribution in [0.4, 0.5) is 17.6 Å². The SMILES string of the molecule is CC(N)c1ccc(C(F)C(F)(F)F)cc1. The summed E-state index contributed by atoms with van der Waals surface area (Å²) in [5.41, 5.74) is 5.79. The first-order valence-electron chi connectivity index (χ1n) is 4.38. The molecule has 1 aromatic carbocycles. The summed E-state index contributed by atoms with van der Waals surface area (Å²) in [6.45, 7) is 1.70. The van der Waals surface area contributed by atoms with Crippen LogP contribution in [-0.2, 0) is 0 Å². The predicted molar refractivity (Wildman–Crippen MR) is 48.9 cm³/mol. The van der Waals surface area contributed by atoms with Crippen LogP contribution in [0, 0.1) is 0 Å². The topological polar surface area (TPSA) is 26.0 Å². The molecule has 0 saturated heterocycles. The van der Waals surface area contributed by atoms with Gasteiger partial charge in [0.1, 0.15) is 0 Å². The van der Waals surface area contributed by atoms with E-state index in [0.717, 1.165) is 12.1 Å². The van der Waals surface area contributed by atoms with E-state index in [0.29, 0.717) is 5.56 Å². The molecule has 0 fully saturated rings. The van der Waals surface area contributed by atoms with Crippen LogP contribution >= 0.6 is 0 Å². The molecular formula is C10H11F4N. The molecule has 0 aliphatic rings. The fraction of sp³-hybridized carbons (Fsp3) is 0.400. The molecule has 0 heterocycles. The molecule has 0 aromatic heterocycles. The van der Waals surface area contributed by atoms with Crippen molar-refractivity contribution >= 4 is 0 Å². The Morgan fingerprint density at radius 3 is 1.80 bits per heavy atom. The van der Waals surface area contributed by atoms with Gasteiger partial charge in [-0.05, 0) is 18.1 Å². The number of halogens is 4. The second-order valence-corrected chi connectivity index (χ2v) is 3.36. The van der Waals surface area contributed by atoms with E-state index >= 15 is 0 Å². The molecule has 0 aliphatic heterocycles. The largest absolute Gasteiger partial charge is 0.423 e. The van der Waals surface area contributed by atoms with Crippen LogP contribution < -0.4 is 5.73 Å². The van der Waals surface area contributed by atoms with Crippen molar-refractivity contribution in [1.29, 1.82) is 0 Å². The van der Waals surface area contributed by atoms with Gasteiger partial charge in [0, 0.05) is 6.04 Å². The van der Waals surface area contributed by atoms with Gasteiger partial charge >= 0.3 is 6.18 Å². The maximum atomic E-state index is 12.8. The van der Waals surface area contributed by atoms with Gasteiger partial charge in [-0.2, -0.15) is 13.2 Å². The minimum absolute atomic E-state index is 0.275. The molecule has 0 saturated carbocycles. The Labute approximate surface area is 84.9 Å². The number of hydrogen-bond acceptors (Lipinski definition) is 1. The third-order valence-electron chi connectivity index (χ3n) is 2.04. The van der Waals surface area contributed by atoms with Crippen LogP contribution in [-0.4, -0.2) is 6.18 Å². The first-order chi connectivity index (χ1) is 6.82. The lowest BCUT2D eigenvalue weighted by atomic mass is 10.0. The number of benzene rings is 1. The Hall–Kier alpha value is -1.10. The molecule has 2 N–H and O–H groups in total. The van der Waals surface area contributed by atoms with Gasteiger partial charge in [-0.15, -0.1) is 0 Å². The van der Waals surface area contributed by atoms with E-state index < -0.39 is 17.9 Å². The zero-order chi connectivity index (χ0) is 11.6. The molecule has 5 heteroatoms. The van der Waals surface area contributed by atoms with Gasteiger partial charge in [0.15, 0.2) is 0 Å². The van der Waals surface area contributed by atoms with Crippen LogP contribution in [0.25, 0.3) is 0 Å². The first kappa shape index (κ1) is 12.0. The van der Waals surface area contributed by atoms with Crippen LogP contribution in [0.2, 0.25) is 0 Å². The van der Waals surface area contributed by atoms with Gasteiger partial charge in [0.25, 0.3) is 0 Å². The van der Waals surface area contributed by atoms with Crippen molar-refractivity contribution in [2.24, 2.45) is 5.73 Å². The molecule has 0 aliphatic carbocycles. The van der Waals surface area contributed by atoms with Gasteiger partial charge in [0.05, 0.1) is 0 Å². The zero-order valence-corrected chi connectivity index (χ0v) is 8.05. The number of hydrogen-bond donors (Lipinski definition) is 1. The highest BCUT2D eigenvalue weighted by Crippen LogP contribution is 2.35. The summed E-state index contributed by atoms with van der Waals surface area (Å²) < 4.78 is 48.8. The van der Waals surface area contributed by atoms with Gasteiger partial charge in [-0.25, -0.2) is 4.39 Å². The molecule has 2 atom stereocenters. The third-order valence-corrected chi connectivity index (χ3v) is 2.04. The minimum Gasteiger partial charge on any atom is -0.324 e. The van der Waals surface area contributed by atoms with Crippen molar-refractivity contribution < 1.29 is 17.6 Å². The van der Waals surface area contributed by atoms with Crippen molar-refractivity contribution in [2.45, 2.75) is 25.3 Å². The molecule has 15 heavy (non-hydrogen) atoms. The molecule has 0 spiro atoms. The fourth-order valence-corrected chi connectivity index (χ4v) is 1.16. The second-order valence-electron chi connectivity index (χ2n) is 3.36. The van der Waals surface area contributed by atoms with Crippen LogP contribution in [0.1, 0.15) is 30.3 Å². The second kappa shape index (κ2) is 4.18. The summed E-state index contributed by atoms with van der Waals surface area (Å²) in [6.07, 6.45) is -7.78. The van der Waals surface area contributed by atoms with Gasteiger partial charge in [-0.3, -0.25) is 0 Å². The highest BCUT2D eigenvalue weighted by Gasteiger charge is 2.41. The van der Waals surface area contributed by atoms with E-state index in [-0.39, 0.29) is 6.04 Å². The molecular weight excluding hydrogens is 210 g/mol. The van der Waals surface area contributed by atoms with E-state index in [1.54, 1.807) is 6.92 Å². The minimum atomic E-state index is -4.85. The third kappa shape index (κ3) is 2.92. The molecule has 0 radical (unpaired) electrons. The lowest BCUT2D eigenvalue weighted by Gasteiger charge is -2.13. The maximum Gasteiger partial charge on any atom is 0.423 e. The van der Waals surface area contributed by atoms with E-state index in [4.69, 9.17) is 5.73 Å². The molecule has 0 amide bonds. The normalized spacial score (nSPS) is 16.1. The number of nitrogens with two attached hydrogens (primary N) is 1. The summed E-state index contributed by atoms with van der Waals surface area (Å²) in [5.74, 6) is 0. The lowest BCUT2D eigenvalue weighted by molar-refractivity contribution is -0.182. The van der Waals surface area contributed by atoms with E-state index in [1.807, 2.05) is 0 Å². The molecule has 0 bridgehead atoms. The molecule has 1 rings (SSSR count). The van der Waals surface area contributed by atoms with E-state index in [2.05, 4.69) is 0 Å². The van der Waals surface area contributed by atoms with Gasteiger partial charge in [-0.1, -0.05) is 24.3 Å². The Bertz CT molecular complexity index is 315. The Morgan fingerprint density at radius 1 is 1.07 bits per heavy atom. The molecule has 1 aromatic rings. The predicted octanol–water partition coefficient (Wildman–Crippen LogP) is 3.28. The quantitative estimate of drug-likeness (QED) is 0.762. The summed E-state index contributed by atoms with van der Waals surface area (Å²) >= 11 is 0. The smallest absolute Gasteiger partial charge is 0.324 e. The first-order valence-corrected chi connectivity index (χ1v) is 4.38. The molecule has 84 valence electrons. The van der Waals surface area contributed by atoms with Gasteiger partial charge < -0.3 is 5.73 Å². The summed E-state index contributed by atoms with van der Waals surface area (Å²) in [6, 6.07) is 4.74. The van der Waals surface area contributed by atoms with Crippen LogP contribution in [0.15, 0.2) is 24.3 Å². The van der Waals surface area contributed by atoms with Crippen molar-refractivity contribution in [1.82, 2.24) is 0 Å². The molecule has 1 nitrogen and oxygen atoms in total. The average molecular weight is 221 g/mol. The summed E-state index contributed by atoms with van der Waals surface area (Å²) in [5, 5.41) is 0. The highest BCUT2D eigenvalue weighted by molar-refractivity contribution is 5.26. The number of rotatable bonds is 2. The van der Waals surface area contributed by atoms with Crippen molar-refractivity contribution in [3.8, 4) is 0 Å². The lowest BCUT2D eigenvalue weighted by Crippen LogP contribution is -2.16. The summed E-state index contributed by atoms with van der Waals surface area (Å²) in [7, 11) is 0. The van der Waals surface area contributed by atoms with Crippen molar-refractivity contribution in [3.63, 3.8) is 0 Å². The van der Waals surface area contributed by atoms with E-state index in [1.165, 1.54) is 12.1 Å². The molecule has 2 unspecified atom stereocenters. The number of alkyl halides is 4. The van der Waals surface area contributed by atoms with E-state index in [9.17, 15) is 17.6 Å². The van der Waals surface area contributed by atoms with Crippen molar-refractivity contribution in [3.05, 3.63) is 35.4 Å².